The van der Waals surface area contributed by atoms with Crippen LogP contribution in [-0.4, -0.2) is 24.8 Å². The number of carbonyl (C=O) groups excluding carboxylic acids is 1. The number of aliphatic hydroxyl groups is 1. The van der Waals surface area contributed by atoms with Crippen molar-refractivity contribution in [1.29, 1.82) is 0 Å². The van der Waals surface area contributed by atoms with E-state index in [4.69, 9.17) is 5.11 Å². The van der Waals surface area contributed by atoms with Gasteiger partial charge in [0, 0.05) is 6.42 Å². The minimum absolute atomic E-state index is 0.108. The van der Waals surface area contributed by atoms with Crippen molar-refractivity contribution < 1.29 is 14.6 Å². The molecule has 0 aliphatic carbocycles. The zero-order valence-electron chi connectivity index (χ0n) is 10.5. The Kier molecular flexibility index (Phi) is 8.53. The van der Waals surface area contributed by atoms with Gasteiger partial charge >= 0.3 is 5.97 Å². The van der Waals surface area contributed by atoms with Gasteiger partial charge in [-0.2, -0.15) is 0 Å². The Labute approximate surface area is 97.8 Å². The van der Waals surface area contributed by atoms with E-state index < -0.39 is 0 Å². The Balaban J connectivity index is 3.79. The highest BCUT2D eigenvalue weighted by Gasteiger charge is 1.99. The van der Waals surface area contributed by atoms with Crippen molar-refractivity contribution in [1.82, 2.24) is 0 Å². The van der Waals surface area contributed by atoms with Crippen molar-refractivity contribution in [2.24, 2.45) is 0 Å². The summed E-state index contributed by atoms with van der Waals surface area (Å²) in [6.07, 6.45) is 7.07. The summed E-state index contributed by atoms with van der Waals surface area (Å²) < 4.78 is 4.57. The van der Waals surface area contributed by atoms with Crippen molar-refractivity contribution in [3.8, 4) is 0 Å². The molecule has 0 aromatic heterocycles. The molecule has 3 nitrogen and oxygen atoms in total. The lowest BCUT2D eigenvalue weighted by Crippen LogP contribution is -1.99. The van der Waals surface area contributed by atoms with Crippen LogP contribution < -0.4 is 0 Å². The fourth-order valence-corrected chi connectivity index (χ4v) is 1.31. The van der Waals surface area contributed by atoms with E-state index in [1.165, 1.54) is 18.3 Å². The van der Waals surface area contributed by atoms with E-state index in [0.29, 0.717) is 6.42 Å². The number of ether oxygens (including phenoxy) is 1. The van der Waals surface area contributed by atoms with Gasteiger partial charge in [-0.25, -0.2) is 0 Å². The fourth-order valence-electron chi connectivity index (χ4n) is 1.31. The van der Waals surface area contributed by atoms with Crippen molar-refractivity contribution in [2.45, 2.75) is 39.5 Å². The Morgan fingerprint density at radius 3 is 2.31 bits per heavy atom. The highest BCUT2D eigenvalue weighted by Crippen LogP contribution is 2.10. The minimum Gasteiger partial charge on any atom is -0.469 e. The van der Waals surface area contributed by atoms with Gasteiger partial charge in [0.25, 0.3) is 0 Å². The van der Waals surface area contributed by atoms with Crippen LogP contribution in [-0.2, 0) is 9.53 Å². The van der Waals surface area contributed by atoms with E-state index in [1.54, 1.807) is 0 Å². The smallest absolute Gasteiger partial charge is 0.305 e. The number of hydrogen-bond donors (Lipinski definition) is 1. The van der Waals surface area contributed by atoms with E-state index in [0.717, 1.165) is 19.3 Å². The molecule has 0 atom stereocenters. The first-order valence-corrected chi connectivity index (χ1v) is 5.59. The van der Waals surface area contributed by atoms with Crippen molar-refractivity contribution in [3.63, 3.8) is 0 Å². The molecule has 0 spiro atoms. The molecule has 0 saturated carbocycles. The lowest BCUT2D eigenvalue weighted by Gasteiger charge is -2.01. The molecule has 0 saturated heterocycles. The molecular weight excluding hydrogens is 204 g/mol. The fraction of sp³-hybridized carbons (Fsp3) is 0.615. The number of methoxy groups -OCH3 is 1. The number of allylic oxidation sites excluding steroid dienone is 3. The Hall–Kier alpha value is -1.09. The number of hydrogen-bond acceptors (Lipinski definition) is 3. The number of esters is 1. The van der Waals surface area contributed by atoms with Crippen molar-refractivity contribution in [2.75, 3.05) is 13.7 Å². The summed E-state index contributed by atoms with van der Waals surface area (Å²) in [5, 5.41) is 8.67. The molecule has 0 aromatic rings. The van der Waals surface area contributed by atoms with Gasteiger partial charge in [0.1, 0.15) is 0 Å². The van der Waals surface area contributed by atoms with Crippen LogP contribution >= 0.6 is 0 Å². The molecule has 0 heterocycles. The highest BCUT2D eigenvalue weighted by molar-refractivity contribution is 5.69. The summed E-state index contributed by atoms with van der Waals surface area (Å²) in [4.78, 5) is 10.9. The topological polar surface area (TPSA) is 46.5 Å². The summed E-state index contributed by atoms with van der Waals surface area (Å²) in [6, 6.07) is 0. The maximum atomic E-state index is 10.9. The summed E-state index contributed by atoms with van der Waals surface area (Å²) in [7, 11) is 1.41. The predicted molar refractivity (Wildman–Crippen MR) is 65.1 cm³/mol. The van der Waals surface area contributed by atoms with Gasteiger partial charge in [0.15, 0.2) is 0 Å². The molecule has 0 aliphatic rings. The normalized spacial score (nSPS) is 12.8. The van der Waals surface area contributed by atoms with E-state index in [2.05, 4.69) is 10.8 Å². The molecule has 0 fully saturated rings. The summed E-state index contributed by atoms with van der Waals surface area (Å²) in [6.45, 7) is 4.14. The molecular formula is C13H22O3. The average molecular weight is 226 g/mol. The van der Waals surface area contributed by atoms with Crippen LogP contribution in [0.4, 0.5) is 0 Å². The van der Waals surface area contributed by atoms with Crippen LogP contribution in [0, 0.1) is 0 Å². The lowest BCUT2D eigenvalue weighted by molar-refractivity contribution is -0.140. The Morgan fingerprint density at radius 2 is 1.75 bits per heavy atom. The highest BCUT2D eigenvalue weighted by atomic mass is 16.5. The second-order valence-corrected chi connectivity index (χ2v) is 3.90. The largest absolute Gasteiger partial charge is 0.469 e. The van der Waals surface area contributed by atoms with Gasteiger partial charge in [-0.15, -0.1) is 0 Å². The van der Waals surface area contributed by atoms with Gasteiger partial charge < -0.3 is 9.84 Å². The van der Waals surface area contributed by atoms with Crippen molar-refractivity contribution >= 4 is 5.97 Å². The van der Waals surface area contributed by atoms with Gasteiger partial charge in [0.05, 0.1) is 13.7 Å². The Morgan fingerprint density at radius 1 is 1.12 bits per heavy atom. The zero-order valence-corrected chi connectivity index (χ0v) is 10.5. The van der Waals surface area contributed by atoms with Gasteiger partial charge in [-0.3, -0.25) is 4.79 Å². The summed E-state index contributed by atoms with van der Waals surface area (Å²) in [5.41, 5.74) is 2.40. The standard InChI is InChI=1S/C13H22O3/c1-11(7-8-13(15)16-3)5-4-6-12(2)9-10-14/h5,9,14H,4,6-8,10H2,1-3H3. The van der Waals surface area contributed by atoms with E-state index in [1.807, 2.05) is 19.9 Å². The van der Waals surface area contributed by atoms with E-state index >= 15 is 0 Å². The SMILES string of the molecule is COC(=O)CCC(C)=CCCC(C)=CCO. The molecule has 3 heteroatoms. The molecule has 0 amide bonds. The third-order valence-corrected chi connectivity index (χ3v) is 2.42. The molecule has 0 aliphatic heterocycles. The molecule has 0 aromatic carbocycles. The first-order valence-electron chi connectivity index (χ1n) is 5.59. The summed E-state index contributed by atoms with van der Waals surface area (Å²) in [5.74, 6) is -0.163. The average Bonchev–Trinajstić information content (AvgIpc) is 2.26. The third-order valence-electron chi connectivity index (χ3n) is 2.42. The Bertz CT molecular complexity index is 264. The third kappa shape index (κ3) is 8.24. The maximum absolute atomic E-state index is 10.9. The van der Waals surface area contributed by atoms with Crippen molar-refractivity contribution in [3.05, 3.63) is 23.3 Å². The first-order chi connectivity index (χ1) is 7.60. The second kappa shape index (κ2) is 9.16. The first kappa shape index (κ1) is 14.9. The van der Waals surface area contributed by atoms with E-state index in [9.17, 15) is 4.79 Å². The zero-order chi connectivity index (χ0) is 12.4. The predicted octanol–water partition coefficient (Wildman–Crippen LogP) is 2.60. The molecule has 92 valence electrons. The maximum Gasteiger partial charge on any atom is 0.305 e. The molecule has 1 N–H and O–H groups in total. The second-order valence-electron chi connectivity index (χ2n) is 3.90. The minimum atomic E-state index is -0.163. The van der Waals surface area contributed by atoms with Crippen LogP contribution in [0.25, 0.3) is 0 Å². The number of aliphatic hydroxyl groups excluding tert-OH is 1. The molecule has 0 unspecified atom stereocenters. The quantitative estimate of drug-likeness (QED) is 0.536. The van der Waals surface area contributed by atoms with Gasteiger partial charge in [-0.1, -0.05) is 23.3 Å². The lowest BCUT2D eigenvalue weighted by atomic mass is 10.1. The molecule has 16 heavy (non-hydrogen) atoms. The van der Waals surface area contributed by atoms with Crippen LogP contribution in [0.1, 0.15) is 39.5 Å². The van der Waals surface area contributed by atoms with Crippen LogP contribution in [0.2, 0.25) is 0 Å². The van der Waals surface area contributed by atoms with Crippen LogP contribution in [0.3, 0.4) is 0 Å². The van der Waals surface area contributed by atoms with E-state index in [-0.39, 0.29) is 12.6 Å². The van der Waals surface area contributed by atoms with Crippen LogP contribution in [0.5, 0.6) is 0 Å². The monoisotopic (exact) mass is 226 g/mol. The summed E-state index contributed by atoms with van der Waals surface area (Å²) >= 11 is 0. The number of carbonyl (C=O) groups is 1. The molecule has 0 rings (SSSR count). The number of rotatable bonds is 7. The van der Waals surface area contributed by atoms with Gasteiger partial charge in [0.2, 0.25) is 0 Å². The molecule has 0 radical (unpaired) electrons. The van der Waals surface area contributed by atoms with Gasteiger partial charge in [-0.05, 0) is 33.1 Å². The van der Waals surface area contributed by atoms with Crippen LogP contribution in [0.15, 0.2) is 23.3 Å². The molecule has 0 bridgehead atoms.